The summed E-state index contributed by atoms with van der Waals surface area (Å²) in [5.41, 5.74) is 1.00. The number of benzene rings is 1. The van der Waals surface area contributed by atoms with Crippen LogP contribution in [0.2, 0.25) is 0 Å². The predicted molar refractivity (Wildman–Crippen MR) is 78.6 cm³/mol. The number of fused-ring (bicyclic) bond motifs is 1. The lowest BCUT2D eigenvalue weighted by molar-refractivity contribution is 0.821. The maximum Gasteiger partial charge on any atom is 0.227 e. The molecule has 1 saturated heterocycles. The van der Waals surface area contributed by atoms with Gasteiger partial charge in [0.15, 0.2) is 0 Å². The van der Waals surface area contributed by atoms with Crippen LogP contribution in [0.4, 0.5) is 11.8 Å². The third-order valence-corrected chi connectivity index (χ3v) is 4.06. The van der Waals surface area contributed by atoms with Crippen molar-refractivity contribution in [2.24, 2.45) is 0 Å². The monoisotopic (exact) mass is 260 g/mol. The summed E-state index contributed by atoms with van der Waals surface area (Å²) in [4.78, 5) is 11.6. The van der Waals surface area contributed by atoms with E-state index in [1.165, 1.54) is 0 Å². The van der Waals surface area contributed by atoms with Crippen LogP contribution in [-0.4, -0.2) is 41.6 Å². The quantitative estimate of drug-likeness (QED) is 0.896. The smallest absolute Gasteiger partial charge is 0.227 e. The molecule has 0 aliphatic carbocycles. The second-order valence-corrected chi connectivity index (χ2v) is 5.46. The lowest BCUT2D eigenvalue weighted by atomic mass is 10.2. The molecule has 2 heterocycles. The van der Waals surface area contributed by atoms with Crippen molar-refractivity contribution in [1.82, 2.24) is 9.97 Å². The SMILES string of the molecule is CNc1nc(N2CCSCC2)nc2ccccc12. The van der Waals surface area contributed by atoms with Crippen LogP contribution < -0.4 is 10.2 Å². The molecular formula is C13H16N4S. The summed E-state index contributed by atoms with van der Waals surface area (Å²) in [6.45, 7) is 2.07. The Morgan fingerprint density at radius 3 is 2.72 bits per heavy atom. The van der Waals surface area contributed by atoms with E-state index < -0.39 is 0 Å². The van der Waals surface area contributed by atoms with Crippen molar-refractivity contribution in [2.75, 3.05) is 41.9 Å². The molecule has 3 rings (SSSR count). The fraction of sp³-hybridized carbons (Fsp3) is 0.385. The van der Waals surface area contributed by atoms with Crippen molar-refractivity contribution in [3.05, 3.63) is 24.3 Å². The second-order valence-electron chi connectivity index (χ2n) is 4.24. The molecule has 1 N–H and O–H groups in total. The summed E-state index contributed by atoms with van der Waals surface area (Å²) in [7, 11) is 1.91. The number of aromatic nitrogens is 2. The minimum absolute atomic E-state index is 0.846. The summed E-state index contributed by atoms with van der Waals surface area (Å²) < 4.78 is 0. The van der Waals surface area contributed by atoms with Crippen molar-refractivity contribution in [2.45, 2.75) is 0 Å². The molecule has 1 aliphatic rings. The van der Waals surface area contributed by atoms with E-state index in [-0.39, 0.29) is 0 Å². The minimum atomic E-state index is 0.846. The van der Waals surface area contributed by atoms with Crippen LogP contribution in [0.1, 0.15) is 0 Å². The van der Waals surface area contributed by atoms with E-state index in [2.05, 4.69) is 26.3 Å². The first-order chi connectivity index (χ1) is 8.88. The van der Waals surface area contributed by atoms with Crippen molar-refractivity contribution < 1.29 is 0 Å². The van der Waals surface area contributed by atoms with E-state index in [4.69, 9.17) is 0 Å². The average molecular weight is 260 g/mol. The normalized spacial score (nSPS) is 15.9. The molecule has 0 bridgehead atoms. The van der Waals surface area contributed by atoms with Gasteiger partial charge in [-0.05, 0) is 12.1 Å². The molecular weight excluding hydrogens is 244 g/mol. The molecule has 4 nitrogen and oxygen atoms in total. The number of hydrogen-bond acceptors (Lipinski definition) is 5. The van der Waals surface area contributed by atoms with Gasteiger partial charge in [0.2, 0.25) is 5.95 Å². The van der Waals surface area contributed by atoms with Gasteiger partial charge in [0.05, 0.1) is 5.52 Å². The molecule has 94 valence electrons. The van der Waals surface area contributed by atoms with Gasteiger partial charge in [0.1, 0.15) is 5.82 Å². The van der Waals surface area contributed by atoms with Gasteiger partial charge >= 0.3 is 0 Å². The van der Waals surface area contributed by atoms with Crippen LogP contribution in [0, 0.1) is 0 Å². The van der Waals surface area contributed by atoms with Gasteiger partial charge < -0.3 is 10.2 Å². The maximum absolute atomic E-state index is 4.67. The first-order valence-corrected chi connectivity index (χ1v) is 7.31. The summed E-state index contributed by atoms with van der Waals surface area (Å²) >= 11 is 1.99. The minimum Gasteiger partial charge on any atom is -0.372 e. The van der Waals surface area contributed by atoms with Crippen molar-refractivity contribution in [3.8, 4) is 0 Å². The van der Waals surface area contributed by atoms with Gasteiger partial charge in [-0.1, -0.05) is 12.1 Å². The first kappa shape index (κ1) is 11.6. The predicted octanol–water partition coefficient (Wildman–Crippen LogP) is 2.22. The lowest BCUT2D eigenvalue weighted by Crippen LogP contribution is -2.33. The molecule has 0 saturated carbocycles. The van der Waals surface area contributed by atoms with Crippen LogP contribution in [0.25, 0.3) is 10.9 Å². The van der Waals surface area contributed by atoms with Gasteiger partial charge in [-0.25, -0.2) is 4.98 Å². The first-order valence-electron chi connectivity index (χ1n) is 6.16. The van der Waals surface area contributed by atoms with E-state index in [0.29, 0.717) is 0 Å². The Morgan fingerprint density at radius 1 is 1.17 bits per heavy atom. The average Bonchev–Trinajstić information content (AvgIpc) is 2.47. The lowest BCUT2D eigenvalue weighted by Gasteiger charge is -2.26. The second kappa shape index (κ2) is 5.02. The highest BCUT2D eigenvalue weighted by Crippen LogP contribution is 2.24. The Labute approximate surface area is 111 Å². The van der Waals surface area contributed by atoms with Crippen molar-refractivity contribution >= 4 is 34.4 Å². The molecule has 0 amide bonds. The van der Waals surface area contributed by atoms with Crippen LogP contribution in [0.3, 0.4) is 0 Å². The number of hydrogen-bond donors (Lipinski definition) is 1. The van der Waals surface area contributed by atoms with E-state index in [0.717, 1.165) is 47.3 Å². The van der Waals surface area contributed by atoms with Crippen molar-refractivity contribution in [3.63, 3.8) is 0 Å². The summed E-state index contributed by atoms with van der Waals surface area (Å²) in [6, 6.07) is 8.13. The molecule has 0 radical (unpaired) electrons. The Kier molecular flexibility index (Phi) is 3.23. The Morgan fingerprint density at radius 2 is 1.94 bits per heavy atom. The van der Waals surface area contributed by atoms with E-state index in [1.54, 1.807) is 0 Å². The molecule has 0 unspecified atom stereocenters. The molecule has 1 aromatic heterocycles. The van der Waals surface area contributed by atoms with E-state index >= 15 is 0 Å². The Hall–Kier alpha value is -1.49. The van der Waals surface area contributed by atoms with Crippen LogP contribution in [0.5, 0.6) is 0 Å². The zero-order valence-electron chi connectivity index (χ0n) is 10.4. The van der Waals surface area contributed by atoms with Crippen LogP contribution in [-0.2, 0) is 0 Å². The van der Waals surface area contributed by atoms with Crippen LogP contribution in [0.15, 0.2) is 24.3 Å². The van der Waals surface area contributed by atoms with E-state index in [9.17, 15) is 0 Å². The number of anilines is 2. The zero-order valence-corrected chi connectivity index (χ0v) is 11.2. The van der Waals surface area contributed by atoms with Crippen LogP contribution >= 0.6 is 11.8 Å². The van der Waals surface area contributed by atoms with Gasteiger partial charge in [0.25, 0.3) is 0 Å². The molecule has 1 aliphatic heterocycles. The highest BCUT2D eigenvalue weighted by Gasteiger charge is 2.15. The van der Waals surface area contributed by atoms with Crippen molar-refractivity contribution in [1.29, 1.82) is 0 Å². The number of rotatable bonds is 2. The highest BCUT2D eigenvalue weighted by atomic mass is 32.2. The number of nitrogens with zero attached hydrogens (tertiary/aromatic N) is 3. The fourth-order valence-electron chi connectivity index (χ4n) is 2.16. The molecule has 1 aromatic carbocycles. The Bertz CT molecular complexity index is 552. The zero-order chi connectivity index (χ0) is 12.4. The van der Waals surface area contributed by atoms with Gasteiger partial charge in [-0.15, -0.1) is 0 Å². The van der Waals surface area contributed by atoms with Gasteiger partial charge in [-0.3, -0.25) is 0 Å². The third-order valence-electron chi connectivity index (χ3n) is 3.12. The standard InChI is InChI=1S/C13H16N4S/c1-14-12-10-4-2-3-5-11(10)15-13(16-12)17-6-8-18-9-7-17/h2-5H,6-9H2,1H3,(H,14,15,16). The summed E-state index contributed by atoms with van der Waals surface area (Å²) in [5.74, 6) is 4.07. The summed E-state index contributed by atoms with van der Waals surface area (Å²) in [6.07, 6.45) is 0. The molecule has 5 heteroatoms. The highest BCUT2D eigenvalue weighted by molar-refractivity contribution is 7.99. The summed E-state index contributed by atoms with van der Waals surface area (Å²) in [5, 5.41) is 4.25. The van der Waals surface area contributed by atoms with E-state index in [1.807, 2.05) is 37.0 Å². The number of nitrogens with one attached hydrogen (secondary N) is 1. The maximum atomic E-state index is 4.67. The molecule has 0 spiro atoms. The molecule has 1 fully saturated rings. The topological polar surface area (TPSA) is 41.1 Å². The molecule has 0 atom stereocenters. The Balaban J connectivity index is 2.07. The molecule has 2 aromatic rings. The fourth-order valence-corrected chi connectivity index (χ4v) is 3.06. The third kappa shape index (κ3) is 2.10. The number of thioether (sulfide) groups is 1. The van der Waals surface area contributed by atoms with Gasteiger partial charge in [0, 0.05) is 37.0 Å². The largest absolute Gasteiger partial charge is 0.372 e. The van der Waals surface area contributed by atoms with Gasteiger partial charge in [-0.2, -0.15) is 16.7 Å². The molecule has 18 heavy (non-hydrogen) atoms. The number of para-hydroxylation sites is 1.